The predicted octanol–water partition coefficient (Wildman–Crippen LogP) is 1.27. The van der Waals surface area contributed by atoms with E-state index >= 15 is 0 Å². The highest BCUT2D eigenvalue weighted by Gasteiger charge is 2.45. The van der Waals surface area contributed by atoms with E-state index in [-0.39, 0.29) is 11.3 Å². The van der Waals surface area contributed by atoms with Gasteiger partial charge in [-0.1, -0.05) is 0 Å². The lowest BCUT2D eigenvalue weighted by Crippen LogP contribution is -2.37. The summed E-state index contributed by atoms with van der Waals surface area (Å²) in [6.45, 7) is 1.84. The van der Waals surface area contributed by atoms with Crippen molar-refractivity contribution >= 4 is 22.5 Å². The van der Waals surface area contributed by atoms with Gasteiger partial charge in [0, 0.05) is 28.4 Å². The van der Waals surface area contributed by atoms with Gasteiger partial charge in [0.15, 0.2) is 5.43 Å². The van der Waals surface area contributed by atoms with Crippen LogP contribution in [-0.2, 0) is 4.79 Å². The predicted molar refractivity (Wildman–Crippen MR) is 74.1 cm³/mol. The second-order valence-electron chi connectivity index (χ2n) is 5.19. The van der Waals surface area contributed by atoms with Crippen molar-refractivity contribution in [2.45, 2.75) is 25.3 Å². The molecule has 1 saturated carbocycles. The normalized spacial score (nSPS) is 16.3. The SMILES string of the molecule is Cc1cc(=O)c2cc(NC(=O)C3(N)CC3)ccc2[nH]1. The molecule has 0 aliphatic heterocycles. The van der Waals surface area contributed by atoms with Crippen LogP contribution in [-0.4, -0.2) is 16.4 Å². The van der Waals surface area contributed by atoms with E-state index in [1.54, 1.807) is 24.3 Å². The summed E-state index contributed by atoms with van der Waals surface area (Å²) >= 11 is 0. The average molecular weight is 257 g/mol. The Labute approximate surface area is 109 Å². The number of benzene rings is 1. The first-order valence-electron chi connectivity index (χ1n) is 6.22. The topological polar surface area (TPSA) is 88.0 Å². The molecule has 5 nitrogen and oxygen atoms in total. The summed E-state index contributed by atoms with van der Waals surface area (Å²) in [5.41, 5.74) is 7.22. The number of hydrogen-bond donors (Lipinski definition) is 3. The van der Waals surface area contributed by atoms with Gasteiger partial charge in [-0.15, -0.1) is 0 Å². The number of aromatic amines is 1. The molecule has 1 aliphatic rings. The highest BCUT2D eigenvalue weighted by atomic mass is 16.2. The third-order valence-electron chi connectivity index (χ3n) is 3.46. The summed E-state index contributed by atoms with van der Waals surface area (Å²) in [4.78, 5) is 26.9. The fourth-order valence-electron chi connectivity index (χ4n) is 2.08. The van der Waals surface area contributed by atoms with Gasteiger partial charge in [0.1, 0.15) is 0 Å². The van der Waals surface area contributed by atoms with Crippen LogP contribution in [0.25, 0.3) is 10.9 Å². The quantitative estimate of drug-likeness (QED) is 0.757. The number of nitrogens with two attached hydrogens (primary N) is 1. The average Bonchev–Trinajstić information content (AvgIpc) is 3.09. The molecule has 1 fully saturated rings. The van der Waals surface area contributed by atoms with Crippen molar-refractivity contribution in [3.05, 3.63) is 40.2 Å². The number of amides is 1. The lowest BCUT2D eigenvalue weighted by molar-refractivity contribution is -0.118. The molecule has 1 aromatic heterocycles. The van der Waals surface area contributed by atoms with E-state index in [4.69, 9.17) is 5.73 Å². The van der Waals surface area contributed by atoms with Gasteiger partial charge in [-0.3, -0.25) is 9.59 Å². The van der Waals surface area contributed by atoms with Crippen LogP contribution in [0.5, 0.6) is 0 Å². The van der Waals surface area contributed by atoms with Crippen LogP contribution in [0, 0.1) is 6.92 Å². The van der Waals surface area contributed by atoms with Crippen molar-refractivity contribution in [1.29, 1.82) is 0 Å². The monoisotopic (exact) mass is 257 g/mol. The second kappa shape index (κ2) is 3.93. The van der Waals surface area contributed by atoms with E-state index < -0.39 is 5.54 Å². The van der Waals surface area contributed by atoms with Crippen LogP contribution < -0.4 is 16.5 Å². The maximum absolute atomic E-state index is 11.9. The number of anilines is 1. The Morgan fingerprint density at radius 3 is 2.79 bits per heavy atom. The number of carbonyl (C=O) groups is 1. The summed E-state index contributed by atoms with van der Waals surface area (Å²) in [7, 11) is 0. The second-order valence-corrected chi connectivity index (χ2v) is 5.19. The standard InChI is InChI=1S/C14H15N3O2/c1-8-6-12(18)10-7-9(2-3-11(10)16-8)17-13(19)14(15)4-5-14/h2-3,6-7H,4-5,15H2,1H3,(H,16,18)(H,17,19). The Morgan fingerprint density at radius 1 is 1.37 bits per heavy atom. The highest BCUT2D eigenvalue weighted by molar-refractivity contribution is 6.01. The lowest BCUT2D eigenvalue weighted by Gasteiger charge is -2.10. The van der Waals surface area contributed by atoms with Crippen molar-refractivity contribution in [1.82, 2.24) is 4.98 Å². The molecule has 0 bridgehead atoms. The van der Waals surface area contributed by atoms with Gasteiger partial charge in [-0.25, -0.2) is 0 Å². The highest BCUT2D eigenvalue weighted by Crippen LogP contribution is 2.33. The molecule has 3 rings (SSSR count). The Hall–Kier alpha value is -2.14. The maximum atomic E-state index is 11.9. The van der Waals surface area contributed by atoms with Gasteiger partial charge in [0.2, 0.25) is 5.91 Å². The molecular weight excluding hydrogens is 242 g/mol. The number of pyridine rings is 1. The van der Waals surface area contributed by atoms with Crippen LogP contribution in [0.1, 0.15) is 18.5 Å². The minimum Gasteiger partial charge on any atom is -0.358 e. The molecule has 0 atom stereocenters. The molecule has 0 unspecified atom stereocenters. The van der Waals surface area contributed by atoms with Gasteiger partial charge in [-0.2, -0.15) is 0 Å². The van der Waals surface area contributed by atoms with Gasteiger partial charge in [-0.05, 0) is 38.0 Å². The molecule has 0 saturated heterocycles. The molecule has 0 spiro atoms. The molecule has 5 heteroatoms. The van der Waals surface area contributed by atoms with Crippen molar-refractivity contribution in [2.75, 3.05) is 5.32 Å². The number of aromatic nitrogens is 1. The number of rotatable bonds is 2. The van der Waals surface area contributed by atoms with E-state index in [9.17, 15) is 9.59 Å². The molecule has 19 heavy (non-hydrogen) atoms. The molecule has 1 aliphatic carbocycles. The summed E-state index contributed by atoms with van der Waals surface area (Å²) in [5, 5.41) is 3.32. The van der Waals surface area contributed by atoms with Gasteiger partial charge < -0.3 is 16.0 Å². The minimum atomic E-state index is -0.714. The largest absolute Gasteiger partial charge is 0.358 e. The van der Waals surface area contributed by atoms with Crippen LogP contribution >= 0.6 is 0 Å². The molecule has 1 amide bonds. The number of fused-ring (bicyclic) bond motifs is 1. The molecule has 98 valence electrons. The van der Waals surface area contributed by atoms with Gasteiger partial charge >= 0.3 is 0 Å². The van der Waals surface area contributed by atoms with Gasteiger partial charge in [0.05, 0.1) is 5.54 Å². The van der Waals surface area contributed by atoms with E-state index in [1.807, 2.05) is 6.92 Å². The third kappa shape index (κ3) is 2.13. The fourth-order valence-corrected chi connectivity index (χ4v) is 2.08. The molecule has 0 radical (unpaired) electrons. The summed E-state index contributed by atoms with van der Waals surface area (Å²) in [5.74, 6) is -0.185. The number of carbonyl (C=O) groups excluding carboxylic acids is 1. The number of H-pyrrole nitrogens is 1. The lowest BCUT2D eigenvalue weighted by atomic mass is 10.1. The van der Waals surface area contributed by atoms with Crippen molar-refractivity contribution in [2.24, 2.45) is 5.73 Å². The smallest absolute Gasteiger partial charge is 0.244 e. The zero-order valence-corrected chi connectivity index (χ0v) is 10.6. The molecular formula is C14H15N3O2. The minimum absolute atomic E-state index is 0.0590. The molecule has 1 heterocycles. The number of hydrogen-bond acceptors (Lipinski definition) is 3. The first-order valence-corrected chi connectivity index (χ1v) is 6.22. The Bertz CT molecular complexity index is 729. The van der Waals surface area contributed by atoms with E-state index in [1.165, 1.54) is 0 Å². The van der Waals surface area contributed by atoms with Crippen molar-refractivity contribution < 1.29 is 4.79 Å². The Balaban J connectivity index is 1.98. The summed E-state index contributed by atoms with van der Waals surface area (Å²) in [6, 6.07) is 6.77. The first-order chi connectivity index (χ1) is 8.98. The molecule has 4 N–H and O–H groups in total. The summed E-state index contributed by atoms with van der Waals surface area (Å²) in [6.07, 6.45) is 1.43. The zero-order valence-electron chi connectivity index (χ0n) is 10.6. The van der Waals surface area contributed by atoms with Crippen molar-refractivity contribution in [3.8, 4) is 0 Å². The number of aryl methyl sites for hydroxylation is 1. The van der Waals surface area contributed by atoms with Crippen LogP contribution in [0.4, 0.5) is 5.69 Å². The third-order valence-corrected chi connectivity index (χ3v) is 3.46. The van der Waals surface area contributed by atoms with Crippen molar-refractivity contribution in [3.63, 3.8) is 0 Å². The summed E-state index contributed by atoms with van der Waals surface area (Å²) < 4.78 is 0. The van der Waals surface area contributed by atoms with E-state index in [2.05, 4.69) is 10.3 Å². The fraction of sp³-hybridized carbons (Fsp3) is 0.286. The Morgan fingerprint density at radius 2 is 2.11 bits per heavy atom. The molecule has 2 aromatic rings. The molecule has 1 aromatic carbocycles. The van der Waals surface area contributed by atoms with E-state index in [0.29, 0.717) is 23.9 Å². The van der Waals surface area contributed by atoms with Crippen LogP contribution in [0.2, 0.25) is 0 Å². The van der Waals surface area contributed by atoms with Crippen LogP contribution in [0.3, 0.4) is 0 Å². The van der Waals surface area contributed by atoms with E-state index in [0.717, 1.165) is 11.2 Å². The maximum Gasteiger partial charge on any atom is 0.244 e. The number of nitrogens with one attached hydrogen (secondary N) is 2. The zero-order chi connectivity index (χ0) is 13.6. The first kappa shape index (κ1) is 11.9. The van der Waals surface area contributed by atoms with Gasteiger partial charge in [0.25, 0.3) is 0 Å². The Kier molecular flexibility index (Phi) is 2.46. The van der Waals surface area contributed by atoms with Crippen LogP contribution in [0.15, 0.2) is 29.1 Å².